The summed E-state index contributed by atoms with van der Waals surface area (Å²) in [6.45, 7) is 12.8. The molecule has 1 aromatic rings. The Labute approximate surface area is 124 Å². The van der Waals surface area contributed by atoms with Crippen LogP contribution in [-0.4, -0.2) is 30.1 Å². The molecular weight excluding hydrogens is 244 g/mol. The van der Waals surface area contributed by atoms with Gasteiger partial charge in [0.05, 0.1) is 0 Å². The minimum absolute atomic E-state index is 0.377. The second kappa shape index (κ2) is 6.73. The highest BCUT2D eigenvalue weighted by Crippen LogP contribution is 2.31. The van der Waals surface area contributed by atoms with Crippen molar-refractivity contribution in [2.45, 2.75) is 52.1 Å². The first-order valence-electron chi connectivity index (χ1n) is 8.08. The van der Waals surface area contributed by atoms with Crippen LogP contribution < -0.4 is 5.32 Å². The third kappa shape index (κ3) is 3.62. The van der Waals surface area contributed by atoms with Crippen LogP contribution in [-0.2, 0) is 0 Å². The molecule has 2 nitrogen and oxygen atoms in total. The third-order valence-corrected chi connectivity index (χ3v) is 4.73. The standard InChI is InChI=1S/C18H30N2/c1-5-19-17(16-10-7-6-8-11-16)15(2)14-20-13-9-12-18(20,3)4/h6-8,10-11,15,17,19H,5,9,12-14H2,1-4H3. The van der Waals surface area contributed by atoms with Crippen LogP contribution in [0.4, 0.5) is 0 Å². The molecule has 1 heterocycles. The van der Waals surface area contributed by atoms with Gasteiger partial charge in [0.15, 0.2) is 0 Å². The van der Waals surface area contributed by atoms with Gasteiger partial charge in [-0.05, 0) is 51.3 Å². The number of benzene rings is 1. The monoisotopic (exact) mass is 274 g/mol. The normalized spacial score (nSPS) is 21.8. The summed E-state index contributed by atoms with van der Waals surface area (Å²) < 4.78 is 0. The SMILES string of the molecule is CCNC(c1ccccc1)C(C)CN1CCCC1(C)C. The number of hydrogen-bond donors (Lipinski definition) is 1. The van der Waals surface area contributed by atoms with Gasteiger partial charge >= 0.3 is 0 Å². The maximum atomic E-state index is 3.67. The molecule has 0 saturated carbocycles. The maximum Gasteiger partial charge on any atom is 0.0358 e. The summed E-state index contributed by atoms with van der Waals surface area (Å²) in [6, 6.07) is 11.3. The second-order valence-corrected chi connectivity index (χ2v) is 6.79. The molecule has 1 fully saturated rings. The van der Waals surface area contributed by atoms with E-state index in [1.165, 1.54) is 31.5 Å². The van der Waals surface area contributed by atoms with Gasteiger partial charge in [-0.3, -0.25) is 4.90 Å². The van der Waals surface area contributed by atoms with E-state index >= 15 is 0 Å². The lowest BCUT2D eigenvalue weighted by molar-refractivity contribution is 0.138. The Bertz CT molecular complexity index is 399. The molecule has 0 amide bonds. The van der Waals surface area contributed by atoms with Gasteiger partial charge in [-0.2, -0.15) is 0 Å². The number of rotatable bonds is 6. The largest absolute Gasteiger partial charge is 0.310 e. The van der Waals surface area contributed by atoms with Crippen molar-refractivity contribution in [1.82, 2.24) is 10.2 Å². The van der Waals surface area contributed by atoms with E-state index in [0.29, 0.717) is 17.5 Å². The highest BCUT2D eigenvalue weighted by atomic mass is 15.2. The maximum absolute atomic E-state index is 3.67. The van der Waals surface area contributed by atoms with Gasteiger partial charge in [0, 0.05) is 18.1 Å². The zero-order valence-electron chi connectivity index (χ0n) is 13.5. The van der Waals surface area contributed by atoms with Crippen LogP contribution in [0.15, 0.2) is 30.3 Å². The first-order valence-corrected chi connectivity index (χ1v) is 8.08. The Hall–Kier alpha value is -0.860. The van der Waals surface area contributed by atoms with Crippen LogP contribution in [0.25, 0.3) is 0 Å². The van der Waals surface area contributed by atoms with Crippen LogP contribution in [0.5, 0.6) is 0 Å². The van der Waals surface area contributed by atoms with Crippen LogP contribution in [0, 0.1) is 5.92 Å². The molecule has 2 unspecified atom stereocenters. The van der Waals surface area contributed by atoms with E-state index in [-0.39, 0.29) is 0 Å². The molecule has 1 aliphatic heterocycles. The molecule has 2 heteroatoms. The summed E-state index contributed by atoms with van der Waals surface area (Å²) >= 11 is 0. The molecule has 112 valence electrons. The Morgan fingerprint density at radius 2 is 1.95 bits per heavy atom. The Morgan fingerprint density at radius 1 is 1.25 bits per heavy atom. The lowest BCUT2D eigenvalue weighted by Gasteiger charge is -2.36. The summed E-state index contributed by atoms with van der Waals surface area (Å²) in [6.07, 6.45) is 2.67. The molecular formula is C18H30N2. The first kappa shape index (κ1) is 15.5. The summed E-state index contributed by atoms with van der Waals surface area (Å²) in [7, 11) is 0. The van der Waals surface area contributed by atoms with Crippen LogP contribution in [0.2, 0.25) is 0 Å². The molecule has 0 aromatic heterocycles. The van der Waals surface area contributed by atoms with Crippen molar-refractivity contribution in [1.29, 1.82) is 0 Å². The van der Waals surface area contributed by atoms with Gasteiger partial charge in [-0.15, -0.1) is 0 Å². The van der Waals surface area contributed by atoms with Crippen molar-refractivity contribution in [3.8, 4) is 0 Å². The van der Waals surface area contributed by atoms with Gasteiger partial charge in [0.1, 0.15) is 0 Å². The lowest BCUT2D eigenvalue weighted by Crippen LogP contribution is -2.43. The van der Waals surface area contributed by atoms with Gasteiger partial charge in [0.2, 0.25) is 0 Å². The fourth-order valence-corrected chi connectivity index (χ4v) is 3.48. The molecule has 1 aliphatic rings. The minimum Gasteiger partial charge on any atom is -0.310 e. The van der Waals surface area contributed by atoms with Gasteiger partial charge in [-0.1, -0.05) is 44.2 Å². The molecule has 0 radical (unpaired) electrons. The van der Waals surface area contributed by atoms with Crippen molar-refractivity contribution < 1.29 is 0 Å². The van der Waals surface area contributed by atoms with Crippen molar-refractivity contribution >= 4 is 0 Å². The van der Waals surface area contributed by atoms with E-state index in [1.807, 2.05) is 0 Å². The summed E-state index contributed by atoms with van der Waals surface area (Å²) in [4.78, 5) is 2.67. The minimum atomic E-state index is 0.377. The van der Waals surface area contributed by atoms with E-state index < -0.39 is 0 Å². The molecule has 1 aromatic carbocycles. The smallest absolute Gasteiger partial charge is 0.0358 e. The van der Waals surface area contributed by atoms with Crippen molar-refractivity contribution in [3.05, 3.63) is 35.9 Å². The van der Waals surface area contributed by atoms with E-state index in [4.69, 9.17) is 0 Å². The van der Waals surface area contributed by atoms with Gasteiger partial charge in [0.25, 0.3) is 0 Å². The van der Waals surface area contributed by atoms with Crippen molar-refractivity contribution in [3.63, 3.8) is 0 Å². The molecule has 0 spiro atoms. The van der Waals surface area contributed by atoms with Crippen LogP contribution >= 0.6 is 0 Å². The number of nitrogens with one attached hydrogen (secondary N) is 1. The van der Waals surface area contributed by atoms with E-state index in [9.17, 15) is 0 Å². The predicted molar refractivity (Wildman–Crippen MR) is 86.9 cm³/mol. The summed E-state index contributed by atoms with van der Waals surface area (Å²) in [5, 5.41) is 3.67. The molecule has 1 saturated heterocycles. The van der Waals surface area contributed by atoms with Crippen molar-refractivity contribution in [2.75, 3.05) is 19.6 Å². The second-order valence-electron chi connectivity index (χ2n) is 6.79. The Balaban J connectivity index is 2.06. The average Bonchev–Trinajstić information content (AvgIpc) is 2.76. The van der Waals surface area contributed by atoms with Gasteiger partial charge < -0.3 is 5.32 Å². The van der Waals surface area contributed by atoms with Crippen molar-refractivity contribution in [2.24, 2.45) is 5.92 Å². The third-order valence-electron chi connectivity index (χ3n) is 4.73. The molecule has 2 rings (SSSR count). The Kier molecular flexibility index (Phi) is 5.22. The number of hydrogen-bond acceptors (Lipinski definition) is 2. The fourth-order valence-electron chi connectivity index (χ4n) is 3.48. The number of nitrogens with zero attached hydrogens (tertiary/aromatic N) is 1. The lowest BCUT2D eigenvalue weighted by atomic mass is 9.92. The fraction of sp³-hybridized carbons (Fsp3) is 0.667. The quantitative estimate of drug-likeness (QED) is 0.847. The van der Waals surface area contributed by atoms with E-state index in [1.54, 1.807) is 0 Å². The molecule has 20 heavy (non-hydrogen) atoms. The topological polar surface area (TPSA) is 15.3 Å². The highest BCUT2D eigenvalue weighted by Gasteiger charge is 2.33. The average molecular weight is 274 g/mol. The highest BCUT2D eigenvalue weighted by molar-refractivity contribution is 5.19. The zero-order chi connectivity index (χ0) is 14.6. The summed E-state index contributed by atoms with van der Waals surface area (Å²) in [5.74, 6) is 0.620. The summed E-state index contributed by atoms with van der Waals surface area (Å²) in [5.41, 5.74) is 1.79. The van der Waals surface area contributed by atoms with Gasteiger partial charge in [-0.25, -0.2) is 0 Å². The first-order chi connectivity index (χ1) is 9.54. The molecule has 2 atom stereocenters. The van der Waals surface area contributed by atoms with Crippen LogP contribution in [0.1, 0.15) is 52.1 Å². The number of likely N-dealkylation sites (tertiary alicyclic amines) is 1. The predicted octanol–water partition coefficient (Wildman–Crippen LogP) is 3.85. The zero-order valence-corrected chi connectivity index (χ0v) is 13.5. The van der Waals surface area contributed by atoms with E-state index in [2.05, 4.69) is 68.2 Å². The molecule has 0 aliphatic carbocycles. The van der Waals surface area contributed by atoms with Crippen LogP contribution in [0.3, 0.4) is 0 Å². The molecule has 1 N–H and O–H groups in total. The Morgan fingerprint density at radius 3 is 2.50 bits per heavy atom. The molecule has 0 bridgehead atoms. The van der Waals surface area contributed by atoms with E-state index in [0.717, 1.165) is 6.54 Å².